The molecule has 0 radical (unpaired) electrons. The maximum Gasteiger partial charge on any atom is 0.319 e. The molecule has 0 aliphatic heterocycles. The standard InChI is InChI=1S/C17H21BrN4O2S/c1-17(2,3)22-25(24)15-10-12(7-8-14(15)18)21-16(23)20-11-13-6-4-5-9-19-13/h4-10,22H,11H2,1-3H3,(H2,20,21,23). The molecule has 25 heavy (non-hydrogen) atoms. The zero-order valence-corrected chi connectivity index (χ0v) is 16.7. The second kappa shape index (κ2) is 8.55. The van der Waals surface area contributed by atoms with Gasteiger partial charge in [-0.05, 0) is 67.0 Å². The van der Waals surface area contributed by atoms with Gasteiger partial charge in [0.15, 0.2) is 0 Å². The van der Waals surface area contributed by atoms with Gasteiger partial charge in [0.25, 0.3) is 0 Å². The summed E-state index contributed by atoms with van der Waals surface area (Å²) in [5, 5.41) is 5.47. The molecule has 0 saturated carbocycles. The Balaban J connectivity index is 2.01. The van der Waals surface area contributed by atoms with E-state index in [-0.39, 0.29) is 11.6 Å². The van der Waals surface area contributed by atoms with Crippen molar-refractivity contribution in [3.63, 3.8) is 0 Å². The number of aromatic nitrogens is 1. The number of pyridine rings is 1. The van der Waals surface area contributed by atoms with Crippen LogP contribution in [0, 0.1) is 0 Å². The van der Waals surface area contributed by atoms with Crippen molar-refractivity contribution in [3.05, 3.63) is 52.8 Å². The van der Waals surface area contributed by atoms with Crippen LogP contribution in [0.1, 0.15) is 26.5 Å². The SMILES string of the molecule is CC(C)(C)NS(=O)c1cc(NC(=O)NCc2ccccn2)ccc1Br. The number of urea groups is 1. The Bertz CT molecular complexity index is 763. The summed E-state index contributed by atoms with van der Waals surface area (Å²) in [5.74, 6) is 0. The normalized spacial score (nSPS) is 12.5. The number of rotatable bonds is 5. The van der Waals surface area contributed by atoms with E-state index in [1.54, 1.807) is 24.4 Å². The van der Waals surface area contributed by atoms with Crippen molar-refractivity contribution in [2.24, 2.45) is 0 Å². The monoisotopic (exact) mass is 424 g/mol. The quantitative estimate of drug-likeness (QED) is 0.685. The molecule has 0 spiro atoms. The van der Waals surface area contributed by atoms with E-state index >= 15 is 0 Å². The van der Waals surface area contributed by atoms with Crippen LogP contribution in [0.3, 0.4) is 0 Å². The van der Waals surface area contributed by atoms with Gasteiger partial charge in [0.1, 0.15) is 11.0 Å². The van der Waals surface area contributed by atoms with Crippen LogP contribution in [0.4, 0.5) is 10.5 Å². The Kier molecular flexibility index (Phi) is 6.69. The van der Waals surface area contributed by atoms with Crippen LogP contribution in [0.15, 0.2) is 52.0 Å². The zero-order valence-electron chi connectivity index (χ0n) is 14.3. The third-order valence-corrected chi connectivity index (χ3v) is 5.43. The van der Waals surface area contributed by atoms with Crippen LogP contribution in [-0.4, -0.2) is 20.8 Å². The van der Waals surface area contributed by atoms with Gasteiger partial charge in [-0.2, -0.15) is 0 Å². The largest absolute Gasteiger partial charge is 0.332 e. The molecule has 2 aromatic rings. The molecule has 1 heterocycles. The Morgan fingerprint density at radius 2 is 2.00 bits per heavy atom. The Hall–Kier alpha value is -1.77. The minimum atomic E-state index is -1.40. The lowest BCUT2D eigenvalue weighted by molar-refractivity contribution is 0.251. The fraction of sp³-hybridized carbons (Fsp3) is 0.294. The summed E-state index contributed by atoms with van der Waals surface area (Å²) in [6.07, 6.45) is 1.67. The van der Waals surface area contributed by atoms with Crippen molar-refractivity contribution in [2.45, 2.75) is 37.8 Å². The molecule has 1 atom stereocenters. The molecule has 8 heteroatoms. The molecule has 1 aromatic carbocycles. The number of benzene rings is 1. The number of amides is 2. The maximum atomic E-state index is 12.5. The minimum absolute atomic E-state index is 0.298. The summed E-state index contributed by atoms with van der Waals surface area (Å²) in [4.78, 5) is 16.7. The van der Waals surface area contributed by atoms with Gasteiger partial charge in [-0.15, -0.1) is 0 Å². The summed E-state index contributed by atoms with van der Waals surface area (Å²) < 4.78 is 16.2. The minimum Gasteiger partial charge on any atom is -0.332 e. The van der Waals surface area contributed by atoms with Gasteiger partial charge in [-0.3, -0.25) is 4.98 Å². The zero-order chi connectivity index (χ0) is 18.4. The van der Waals surface area contributed by atoms with Crippen molar-refractivity contribution >= 4 is 38.6 Å². The molecule has 6 nitrogen and oxygen atoms in total. The fourth-order valence-corrected chi connectivity index (χ4v) is 3.74. The number of halogens is 1. The van der Waals surface area contributed by atoms with Crippen LogP contribution in [-0.2, 0) is 17.5 Å². The molecule has 1 aromatic heterocycles. The Labute approximate surface area is 158 Å². The van der Waals surface area contributed by atoms with Crippen LogP contribution in [0.5, 0.6) is 0 Å². The number of hydrogen-bond acceptors (Lipinski definition) is 3. The number of hydrogen-bond donors (Lipinski definition) is 3. The first-order chi connectivity index (χ1) is 11.7. The first kappa shape index (κ1) is 19.6. The summed E-state index contributed by atoms with van der Waals surface area (Å²) in [6, 6.07) is 10.3. The Morgan fingerprint density at radius 3 is 2.64 bits per heavy atom. The average Bonchev–Trinajstić information content (AvgIpc) is 2.54. The van der Waals surface area contributed by atoms with E-state index in [0.717, 1.165) is 5.69 Å². The molecule has 0 saturated heterocycles. The third kappa shape index (κ3) is 6.56. The molecule has 2 amide bonds. The van der Waals surface area contributed by atoms with E-state index < -0.39 is 11.0 Å². The van der Waals surface area contributed by atoms with Gasteiger partial charge >= 0.3 is 6.03 Å². The van der Waals surface area contributed by atoms with Crippen molar-refractivity contribution in [3.8, 4) is 0 Å². The van der Waals surface area contributed by atoms with E-state index in [9.17, 15) is 9.00 Å². The lowest BCUT2D eigenvalue weighted by Crippen LogP contribution is -2.37. The first-order valence-electron chi connectivity index (χ1n) is 7.68. The smallest absolute Gasteiger partial charge is 0.319 e. The fourth-order valence-electron chi connectivity index (χ4n) is 1.91. The van der Waals surface area contributed by atoms with Crippen molar-refractivity contribution in [1.29, 1.82) is 0 Å². The highest BCUT2D eigenvalue weighted by atomic mass is 79.9. The first-order valence-corrected chi connectivity index (χ1v) is 9.63. The summed E-state index contributed by atoms with van der Waals surface area (Å²) in [7, 11) is -1.40. The summed E-state index contributed by atoms with van der Waals surface area (Å²) >= 11 is 3.40. The van der Waals surface area contributed by atoms with Gasteiger partial charge in [0.05, 0.1) is 17.1 Å². The second-order valence-electron chi connectivity index (χ2n) is 6.39. The number of carbonyl (C=O) groups excluding carboxylic acids is 1. The second-order valence-corrected chi connectivity index (χ2v) is 8.43. The van der Waals surface area contributed by atoms with Crippen LogP contribution < -0.4 is 15.4 Å². The predicted molar refractivity (Wildman–Crippen MR) is 104 cm³/mol. The van der Waals surface area contributed by atoms with E-state index in [2.05, 4.69) is 36.3 Å². The number of carbonyl (C=O) groups is 1. The van der Waals surface area contributed by atoms with E-state index in [4.69, 9.17) is 0 Å². The van der Waals surface area contributed by atoms with E-state index in [1.165, 1.54) is 0 Å². The Morgan fingerprint density at radius 1 is 1.24 bits per heavy atom. The van der Waals surface area contributed by atoms with E-state index in [0.29, 0.717) is 21.6 Å². The van der Waals surface area contributed by atoms with Gasteiger partial charge in [0.2, 0.25) is 0 Å². The number of anilines is 1. The highest BCUT2D eigenvalue weighted by molar-refractivity contribution is 9.10. The van der Waals surface area contributed by atoms with Crippen LogP contribution in [0.25, 0.3) is 0 Å². The highest BCUT2D eigenvalue weighted by Gasteiger charge is 2.17. The van der Waals surface area contributed by atoms with Gasteiger partial charge in [0, 0.05) is 21.9 Å². The third-order valence-electron chi connectivity index (χ3n) is 2.94. The maximum absolute atomic E-state index is 12.5. The molecule has 0 fully saturated rings. The topological polar surface area (TPSA) is 83.1 Å². The van der Waals surface area contributed by atoms with Gasteiger partial charge in [-0.25, -0.2) is 13.7 Å². The molecule has 0 aliphatic rings. The molecule has 0 aliphatic carbocycles. The van der Waals surface area contributed by atoms with E-state index in [1.807, 2.05) is 39.0 Å². The molecule has 2 rings (SSSR count). The molecule has 134 valence electrons. The van der Waals surface area contributed by atoms with Crippen LogP contribution in [0.2, 0.25) is 0 Å². The summed E-state index contributed by atoms with van der Waals surface area (Å²) in [6.45, 7) is 6.14. The van der Waals surface area contributed by atoms with Gasteiger partial charge in [-0.1, -0.05) is 6.07 Å². The molecular weight excluding hydrogens is 404 g/mol. The van der Waals surface area contributed by atoms with Crippen molar-refractivity contribution < 1.29 is 9.00 Å². The van der Waals surface area contributed by atoms with Crippen molar-refractivity contribution in [2.75, 3.05) is 5.32 Å². The summed E-state index contributed by atoms with van der Waals surface area (Å²) in [5.41, 5.74) is 1.03. The van der Waals surface area contributed by atoms with Gasteiger partial charge < -0.3 is 10.6 Å². The average molecular weight is 425 g/mol. The molecule has 0 bridgehead atoms. The highest BCUT2D eigenvalue weighted by Crippen LogP contribution is 2.24. The molecular formula is C17H21BrN4O2S. The predicted octanol–water partition coefficient (Wildman–Crippen LogP) is 3.58. The van der Waals surface area contributed by atoms with Crippen LogP contribution >= 0.6 is 15.9 Å². The number of nitrogens with zero attached hydrogens (tertiary/aromatic N) is 1. The number of nitrogens with one attached hydrogen (secondary N) is 3. The lowest BCUT2D eigenvalue weighted by atomic mass is 10.1. The molecule has 1 unspecified atom stereocenters. The molecule has 3 N–H and O–H groups in total. The lowest BCUT2D eigenvalue weighted by Gasteiger charge is -2.20. The van der Waals surface area contributed by atoms with Crippen molar-refractivity contribution in [1.82, 2.24) is 15.0 Å².